The molecule has 0 atom stereocenters. The van der Waals surface area contributed by atoms with Crippen LogP contribution in [0, 0.1) is 12.8 Å². The Labute approximate surface area is 115 Å². The number of aromatic nitrogens is 1. The number of nitrogens with zero attached hydrogens (tertiary/aromatic N) is 1. The molecule has 106 valence electrons. The largest absolute Gasteiger partial charge is 0.396 e. The number of hydrogen-bond acceptors (Lipinski definition) is 4. The molecule has 0 aromatic carbocycles. The minimum Gasteiger partial charge on any atom is -0.396 e. The summed E-state index contributed by atoms with van der Waals surface area (Å²) in [6.07, 6.45) is 6.97. The molecule has 1 aromatic heterocycles. The van der Waals surface area contributed by atoms with E-state index < -0.39 is 5.60 Å². The number of nitrogens with two attached hydrogens (primary N) is 1. The van der Waals surface area contributed by atoms with Crippen LogP contribution in [0.1, 0.15) is 44.6 Å². The fourth-order valence-electron chi connectivity index (χ4n) is 2.79. The molecule has 1 aliphatic carbocycles. The Morgan fingerprint density at radius 1 is 1.47 bits per heavy atom. The Morgan fingerprint density at radius 2 is 2.16 bits per heavy atom. The number of anilines is 2. The van der Waals surface area contributed by atoms with E-state index in [-0.39, 0.29) is 0 Å². The summed E-state index contributed by atoms with van der Waals surface area (Å²) in [5, 5.41) is 13.8. The average Bonchev–Trinajstić information content (AvgIpc) is 2.39. The third-order valence-electron chi connectivity index (χ3n) is 4.25. The Hall–Kier alpha value is -1.29. The van der Waals surface area contributed by atoms with E-state index in [1.54, 1.807) is 6.20 Å². The molecular formula is C15H25N3O. The van der Waals surface area contributed by atoms with Crippen LogP contribution in [-0.2, 0) is 0 Å². The van der Waals surface area contributed by atoms with Crippen LogP contribution in [0.4, 0.5) is 11.5 Å². The zero-order valence-corrected chi connectivity index (χ0v) is 11.9. The average molecular weight is 263 g/mol. The van der Waals surface area contributed by atoms with Crippen LogP contribution in [0.15, 0.2) is 12.3 Å². The lowest BCUT2D eigenvalue weighted by Gasteiger charge is -2.36. The van der Waals surface area contributed by atoms with Crippen LogP contribution >= 0.6 is 0 Å². The summed E-state index contributed by atoms with van der Waals surface area (Å²) in [6.45, 7) is 4.72. The second-order valence-corrected chi connectivity index (χ2v) is 5.88. The normalized spacial score (nSPS) is 27.2. The van der Waals surface area contributed by atoms with Crippen molar-refractivity contribution in [1.29, 1.82) is 0 Å². The molecule has 0 bridgehead atoms. The van der Waals surface area contributed by atoms with Gasteiger partial charge in [-0.25, -0.2) is 4.98 Å². The van der Waals surface area contributed by atoms with Crippen molar-refractivity contribution in [1.82, 2.24) is 4.98 Å². The monoisotopic (exact) mass is 263 g/mol. The number of nitrogens with one attached hydrogen (secondary N) is 1. The summed E-state index contributed by atoms with van der Waals surface area (Å²) in [5.41, 5.74) is 7.00. The fraction of sp³-hybridized carbons (Fsp3) is 0.667. The van der Waals surface area contributed by atoms with Gasteiger partial charge < -0.3 is 16.2 Å². The van der Waals surface area contributed by atoms with E-state index in [1.807, 2.05) is 13.0 Å². The van der Waals surface area contributed by atoms with Gasteiger partial charge >= 0.3 is 0 Å². The maximum atomic E-state index is 10.6. The number of rotatable bonds is 4. The molecule has 19 heavy (non-hydrogen) atoms. The van der Waals surface area contributed by atoms with Crippen molar-refractivity contribution in [3.63, 3.8) is 0 Å². The lowest BCUT2D eigenvalue weighted by Crippen LogP contribution is -2.40. The summed E-state index contributed by atoms with van der Waals surface area (Å²) in [6, 6.07) is 1.90. The molecule has 0 spiro atoms. The maximum absolute atomic E-state index is 10.6. The first kappa shape index (κ1) is 14.1. The van der Waals surface area contributed by atoms with Crippen LogP contribution in [0.5, 0.6) is 0 Å². The van der Waals surface area contributed by atoms with Gasteiger partial charge in [-0.15, -0.1) is 0 Å². The van der Waals surface area contributed by atoms with Crippen molar-refractivity contribution >= 4 is 11.5 Å². The summed E-state index contributed by atoms with van der Waals surface area (Å²) in [4.78, 5) is 4.28. The van der Waals surface area contributed by atoms with Gasteiger partial charge in [-0.1, -0.05) is 13.3 Å². The van der Waals surface area contributed by atoms with Gasteiger partial charge in [0.25, 0.3) is 0 Å². The van der Waals surface area contributed by atoms with E-state index >= 15 is 0 Å². The van der Waals surface area contributed by atoms with E-state index in [9.17, 15) is 5.11 Å². The molecule has 4 nitrogen and oxygen atoms in total. The van der Waals surface area contributed by atoms with Crippen molar-refractivity contribution in [2.75, 3.05) is 17.6 Å². The molecule has 0 saturated heterocycles. The highest BCUT2D eigenvalue weighted by molar-refractivity contribution is 5.61. The van der Waals surface area contributed by atoms with Gasteiger partial charge in [0.1, 0.15) is 5.82 Å². The molecular weight excluding hydrogens is 238 g/mol. The zero-order valence-electron chi connectivity index (χ0n) is 11.9. The van der Waals surface area contributed by atoms with Crippen molar-refractivity contribution in [3.8, 4) is 0 Å². The van der Waals surface area contributed by atoms with E-state index in [2.05, 4.69) is 17.2 Å². The number of aryl methyl sites for hydroxylation is 1. The Morgan fingerprint density at radius 3 is 2.74 bits per heavy atom. The number of nitrogen functional groups attached to an aromatic ring is 1. The smallest absolute Gasteiger partial charge is 0.149 e. The molecule has 1 aromatic rings. The fourth-order valence-corrected chi connectivity index (χ4v) is 2.79. The Balaban J connectivity index is 1.91. The predicted octanol–water partition coefficient (Wildman–Crippen LogP) is 2.72. The summed E-state index contributed by atoms with van der Waals surface area (Å²) < 4.78 is 0. The van der Waals surface area contributed by atoms with Gasteiger partial charge in [-0.05, 0) is 50.2 Å². The number of aliphatic hydroxyl groups is 1. The number of pyridine rings is 1. The minimum atomic E-state index is -0.606. The first-order valence-electron chi connectivity index (χ1n) is 7.21. The molecule has 0 aliphatic heterocycles. The molecule has 0 amide bonds. The molecule has 0 unspecified atom stereocenters. The molecule has 1 fully saturated rings. The first-order valence-corrected chi connectivity index (χ1v) is 7.21. The molecule has 2 rings (SSSR count). The highest BCUT2D eigenvalue weighted by Gasteiger charge is 2.32. The molecule has 4 N–H and O–H groups in total. The van der Waals surface area contributed by atoms with Gasteiger partial charge in [0.05, 0.1) is 11.3 Å². The highest BCUT2D eigenvalue weighted by atomic mass is 16.3. The zero-order chi connectivity index (χ0) is 13.9. The predicted molar refractivity (Wildman–Crippen MR) is 79.1 cm³/mol. The Bertz CT molecular complexity index is 425. The van der Waals surface area contributed by atoms with E-state index in [1.165, 1.54) is 6.42 Å². The lowest BCUT2D eigenvalue weighted by molar-refractivity contribution is 0.00224. The molecule has 1 saturated carbocycles. The van der Waals surface area contributed by atoms with Gasteiger partial charge in [0.15, 0.2) is 0 Å². The third-order valence-corrected chi connectivity index (χ3v) is 4.25. The summed E-state index contributed by atoms with van der Waals surface area (Å²) in [5.74, 6) is 1.46. The number of hydrogen-bond donors (Lipinski definition) is 3. The van der Waals surface area contributed by atoms with Crippen molar-refractivity contribution in [2.24, 2.45) is 5.92 Å². The van der Waals surface area contributed by atoms with Gasteiger partial charge in [-0.3, -0.25) is 0 Å². The van der Waals surface area contributed by atoms with Crippen molar-refractivity contribution in [2.45, 2.75) is 51.6 Å². The SMILES string of the molecule is CCC1CCC(O)(CNc2ncc(C)cc2N)CC1. The van der Waals surface area contributed by atoms with Crippen LogP contribution in [-0.4, -0.2) is 22.2 Å². The highest BCUT2D eigenvalue weighted by Crippen LogP contribution is 2.34. The third kappa shape index (κ3) is 3.60. The molecule has 1 aliphatic rings. The topological polar surface area (TPSA) is 71.2 Å². The van der Waals surface area contributed by atoms with Crippen LogP contribution in [0.2, 0.25) is 0 Å². The standard InChI is InChI=1S/C15H25N3O/c1-3-12-4-6-15(19,7-5-12)10-18-14-13(16)8-11(2)9-17-14/h8-9,12,19H,3-7,10,16H2,1-2H3,(H,17,18). The van der Waals surface area contributed by atoms with Gasteiger partial charge in [0.2, 0.25) is 0 Å². The Kier molecular flexibility index (Phi) is 4.30. The van der Waals surface area contributed by atoms with E-state index in [0.717, 1.165) is 37.2 Å². The molecule has 4 heteroatoms. The second kappa shape index (κ2) is 5.78. The van der Waals surface area contributed by atoms with E-state index in [0.29, 0.717) is 18.1 Å². The van der Waals surface area contributed by atoms with Crippen molar-refractivity contribution in [3.05, 3.63) is 17.8 Å². The molecule has 0 radical (unpaired) electrons. The second-order valence-electron chi connectivity index (χ2n) is 5.88. The maximum Gasteiger partial charge on any atom is 0.149 e. The summed E-state index contributed by atoms with van der Waals surface area (Å²) in [7, 11) is 0. The van der Waals surface area contributed by atoms with Gasteiger partial charge in [-0.2, -0.15) is 0 Å². The molecule has 1 heterocycles. The van der Waals surface area contributed by atoms with E-state index in [4.69, 9.17) is 5.73 Å². The quantitative estimate of drug-likeness (QED) is 0.781. The van der Waals surface area contributed by atoms with Crippen LogP contribution < -0.4 is 11.1 Å². The minimum absolute atomic E-state index is 0.531. The lowest BCUT2D eigenvalue weighted by atomic mass is 9.78. The van der Waals surface area contributed by atoms with Crippen molar-refractivity contribution < 1.29 is 5.11 Å². The summed E-state index contributed by atoms with van der Waals surface area (Å²) >= 11 is 0. The van der Waals surface area contributed by atoms with Crippen LogP contribution in [0.3, 0.4) is 0 Å². The van der Waals surface area contributed by atoms with Crippen LogP contribution in [0.25, 0.3) is 0 Å². The van der Waals surface area contributed by atoms with Gasteiger partial charge in [0, 0.05) is 12.7 Å². The first-order chi connectivity index (χ1) is 9.02.